The van der Waals surface area contributed by atoms with Gasteiger partial charge >= 0.3 is 0 Å². The SMILES string of the molecule is C[C@@H](CO)CC(=O)C1CC(S(=O)(=O)c2cc(C(=O)Nc3ccc(F)c(F)c3)ccc2Cl)C1. The zero-order chi connectivity index (χ0) is 23.6. The molecule has 3 rings (SSSR count). The number of ketones is 1. The molecule has 0 saturated heterocycles. The maximum absolute atomic E-state index is 13.4. The summed E-state index contributed by atoms with van der Waals surface area (Å²) < 4.78 is 52.5. The summed E-state index contributed by atoms with van der Waals surface area (Å²) in [5, 5.41) is 10.6. The Morgan fingerprint density at radius 3 is 2.47 bits per heavy atom. The van der Waals surface area contributed by atoms with E-state index in [0.29, 0.717) is 0 Å². The first-order chi connectivity index (χ1) is 15.0. The summed E-state index contributed by atoms with van der Waals surface area (Å²) in [7, 11) is -3.90. The van der Waals surface area contributed by atoms with Crippen LogP contribution in [0.1, 0.15) is 36.5 Å². The molecule has 1 saturated carbocycles. The predicted octanol–water partition coefficient (Wildman–Crippen LogP) is 4.01. The van der Waals surface area contributed by atoms with Gasteiger partial charge in [0.25, 0.3) is 5.91 Å². The lowest BCUT2D eigenvalue weighted by Crippen LogP contribution is -2.40. The minimum Gasteiger partial charge on any atom is -0.396 e. The molecular weight excluding hydrogens is 464 g/mol. The van der Waals surface area contributed by atoms with E-state index in [4.69, 9.17) is 16.7 Å². The highest BCUT2D eigenvalue weighted by Gasteiger charge is 2.43. The molecule has 0 aromatic heterocycles. The average molecular weight is 486 g/mol. The van der Waals surface area contributed by atoms with Crippen LogP contribution in [-0.4, -0.2) is 37.1 Å². The maximum Gasteiger partial charge on any atom is 0.255 e. The van der Waals surface area contributed by atoms with Crippen molar-refractivity contribution in [2.24, 2.45) is 11.8 Å². The highest BCUT2D eigenvalue weighted by atomic mass is 35.5. The summed E-state index contributed by atoms with van der Waals surface area (Å²) in [6.07, 6.45) is 0.496. The Bertz CT molecular complexity index is 1150. The molecule has 32 heavy (non-hydrogen) atoms. The standard InChI is InChI=1S/C22H22ClF2NO5S/c1-12(11-27)6-20(28)14-7-16(8-14)32(30,31)21-9-13(2-4-17(21)23)22(29)26-15-3-5-18(24)19(25)10-15/h2-5,9-10,12,14,16,27H,6-8,11H2,1H3,(H,26,29)/t12-,14?,16?/m1/s1. The lowest BCUT2D eigenvalue weighted by Gasteiger charge is -2.34. The molecule has 0 aliphatic heterocycles. The van der Waals surface area contributed by atoms with Gasteiger partial charge in [0.15, 0.2) is 21.5 Å². The molecule has 2 aromatic rings. The van der Waals surface area contributed by atoms with Crippen molar-refractivity contribution < 1.29 is 31.9 Å². The number of halogens is 3. The minimum atomic E-state index is -3.90. The molecule has 2 aromatic carbocycles. The Morgan fingerprint density at radius 1 is 1.16 bits per heavy atom. The van der Waals surface area contributed by atoms with Crippen molar-refractivity contribution in [1.29, 1.82) is 0 Å². The van der Waals surface area contributed by atoms with Crippen LogP contribution in [0.3, 0.4) is 0 Å². The van der Waals surface area contributed by atoms with Crippen LogP contribution in [0.2, 0.25) is 5.02 Å². The molecule has 0 heterocycles. The molecule has 1 amide bonds. The van der Waals surface area contributed by atoms with Gasteiger partial charge in [0.2, 0.25) is 0 Å². The first-order valence-electron chi connectivity index (χ1n) is 9.96. The summed E-state index contributed by atoms with van der Waals surface area (Å²) in [6, 6.07) is 6.57. The van der Waals surface area contributed by atoms with E-state index in [0.717, 1.165) is 18.2 Å². The third kappa shape index (κ3) is 5.16. The van der Waals surface area contributed by atoms with Gasteiger partial charge in [0.05, 0.1) is 15.2 Å². The van der Waals surface area contributed by atoms with Crippen LogP contribution in [0.5, 0.6) is 0 Å². The number of amides is 1. The van der Waals surface area contributed by atoms with Gasteiger partial charge in [-0.05, 0) is 49.1 Å². The quantitative estimate of drug-likeness (QED) is 0.588. The molecule has 1 aliphatic carbocycles. The van der Waals surface area contributed by atoms with E-state index >= 15 is 0 Å². The number of sulfone groups is 1. The topological polar surface area (TPSA) is 101 Å². The minimum absolute atomic E-state index is 0.00529. The van der Waals surface area contributed by atoms with Gasteiger partial charge in [-0.25, -0.2) is 17.2 Å². The second kappa shape index (κ2) is 9.64. The Hall–Kier alpha value is -2.36. The number of carbonyl (C=O) groups excluding carboxylic acids is 2. The van der Waals surface area contributed by atoms with E-state index in [1.54, 1.807) is 6.92 Å². The van der Waals surface area contributed by atoms with E-state index in [9.17, 15) is 26.8 Å². The number of hydrogen-bond donors (Lipinski definition) is 2. The fraction of sp³-hybridized carbons (Fsp3) is 0.364. The van der Waals surface area contributed by atoms with Crippen molar-refractivity contribution in [3.8, 4) is 0 Å². The number of aliphatic hydroxyl groups is 1. The molecule has 1 atom stereocenters. The van der Waals surface area contributed by atoms with Gasteiger partial charge in [0, 0.05) is 36.3 Å². The van der Waals surface area contributed by atoms with Crippen LogP contribution in [0.15, 0.2) is 41.3 Å². The van der Waals surface area contributed by atoms with Gasteiger partial charge in [-0.2, -0.15) is 0 Å². The van der Waals surface area contributed by atoms with Gasteiger partial charge in [0.1, 0.15) is 5.78 Å². The third-order valence-corrected chi connectivity index (χ3v) is 8.18. The van der Waals surface area contributed by atoms with Crippen molar-refractivity contribution >= 4 is 38.8 Å². The van der Waals surface area contributed by atoms with E-state index < -0.39 is 32.6 Å². The second-order valence-corrected chi connectivity index (χ2v) is 10.6. The van der Waals surface area contributed by atoms with E-state index in [1.165, 1.54) is 18.2 Å². The lowest BCUT2D eigenvalue weighted by molar-refractivity contribution is -0.126. The summed E-state index contributed by atoms with van der Waals surface area (Å²) in [4.78, 5) is 24.5. The molecule has 0 bridgehead atoms. The highest BCUT2D eigenvalue weighted by Crippen LogP contribution is 2.39. The largest absolute Gasteiger partial charge is 0.396 e. The number of aliphatic hydroxyl groups excluding tert-OH is 1. The normalized spacial score (nSPS) is 19.2. The maximum atomic E-state index is 13.4. The fourth-order valence-corrected chi connectivity index (χ4v) is 5.88. The van der Waals surface area contributed by atoms with Crippen molar-refractivity contribution in [1.82, 2.24) is 0 Å². The zero-order valence-electron chi connectivity index (χ0n) is 17.1. The summed E-state index contributed by atoms with van der Waals surface area (Å²) in [5.41, 5.74) is -0.0212. The monoisotopic (exact) mass is 485 g/mol. The summed E-state index contributed by atoms with van der Waals surface area (Å²) in [5.74, 6) is -3.57. The second-order valence-electron chi connectivity index (χ2n) is 8.02. The van der Waals surface area contributed by atoms with Gasteiger partial charge < -0.3 is 10.4 Å². The molecule has 1 fully saturated rings. The Kier molecular flexibility index (Phi) is 7.32. The van der Waals surface area contributed by atoms with E-state index in [-0.39, 0.29) is 64.7 Å². The fourth-order valence-electron chi connectivity index (χ4n) is 3.48. The number of carbonyl (C=O) groups is 2. The number of anilines is 1. The molecule has 1 aliphatic rings. The van der Waals surface area contributed by atoms with Crippen LogP contribution in [0.4, 0.5) is 14.5 Å². The lowest BCUT2D eigenvalue weighted by atomic mass is 9.79. The first kappa shape index (κ1) is 24.3. The molecular formula is C22H22ClF2NO5S. The predicted molar refractivity (Wildman–Crippen MR) is 115 cm³/mol. The van der Waals surface area contributed by atoms with E-state index in [1.807, 2.05) is 0 Å². The number of rotatable bonds is 8. The van der Waals surface area contributed by atoms with E-state index in [2.05, 4.69) is 5.32 Å². The molecule has 0 spiro atoms. The highest BCUT2D eigenvalue weighted by molar-refractivity contribution is 7.92. The van der Waals surface area contributed by atoms with Crippen LogP contribution in [-0.2, 0) is 14.6 Å². The first-order valence-corrected chi connectivity index (χ1v) is 11.9. The summed E-state index contributed by atoms with van der Waals surface area (Å²) >= 11 is 6.10. The molecule has 2 N–H and O–H groups in total. The van der Waals surface area contributed by atoms with Crippen LogP contribution in [0, 0.1) is 23.5 Å². The molecule has 0 unspecified atom stereocenters. The van der Waals surface area contributed by atoms with Crippen LogP contribution in [0.25, 0.3) is 0 Å². The number of hydrogen-bond acceptors (Lipinski definition) is 5. The molecule has 6 nitrogen and oxygen atoms in total. The van der Waals surface area contributed by atoms with Gasteiger partial charge in [-0.3, -0.25) is 9.59 Å². The third-order valence-electron chi connectivity index (χ3n) is 5.53. The summed E-state index contributed by atoms with van der Waals surface area (Å²) in [6.45, 7) is 1.62. The number of nitrogens with one attached hydrogen (secondary N) is 1. The smallest absolute Gasteiger partial charge is 0.255 e. The van der Waals surface area contributed by atoms with Crippen LogP contribution >= 0.6 is 11.6 Å². The van der Waals surface area contributed by atoms with Crippen molar-refractivity contribution in [3.05, 3.63) is 58.6 Å². The van der Waals surface area contributed by atoms with Crippen molar-refractivity contribution in [2.75, 3.05) is 11.9 Å². The molecule has 10 heteroatoms. The Labute approximate surface area is 189 Å². The average Bonchev–Trinajstić information content (AvgIpc) is 2.69. The van der Waals surface area contributed by atoms with Crippen molar-refractivity contribution in [2.45, 2.75) is 36.3 Å². The molecule has 0 radical (unpaired) electrons. The van der Waals surface area contributed by atoms with Gasteiger partial charge in [-0.1, -0.05) is 18.5 Å². The van der Waals surface area contributed by atoms with Crippen LogP contribution < -0.4 is 5.32 Å². The van der Waals surface area contributed by atoms with Gasteiger partial charge in [-0.15, -0.1) is 0 Å². The number of Topliss-reactive ketones (excluding diaryl/α,β-unsaturated/α-hetero) is 1. The molecule has 172 valence electrons. The Balaban J connectivity index is 1.74. The van der Waals surface area contributed by atoms with Crippen molar-refractivity contribution in [3.63, 3.8) is 0 Å². The Morgan fingerprint density at radius 2 is 1.84 bits per heavy atom. The number of benzene rings is 2. The zero-order valence-corrected chi connectivity index (χ0v) is 18.7.